The average Bonchev–Trinajstić information content (AvgIpc) is 3.04. The van der Waals surface area contributed by atoms with Gasteiger partial charge in [0.05, 0.1) is 11.3 Å². The molecule has 1 N–H and O–H groups in total. The fourth-order valence-corrected chi connectivity index (χ4v) is 4.05. The zero-order valence-electron chi connectivity index (χ0n) is 14.0. The predicted molar refractivity (Wildman–Crippen MR) is 102 cm³/mol. The lowest BCUT2D eigenvalue weighted by Crippen LogP contribution is -2.33. The van der Waals surface area contributed by atoms with Crippen LogP contribution in [0.2, 0.25) is 5.02 Å². The Bertz CT molecular complexity index is 729. The highest BCUT2D eigenvalue weighted by Gasteiger charge is 2.19. The third kappa shape index (κ3) is 4.14. The summed E-state index contributed by atoms with van der Waals surface area (Å²) < 4.78 is 0. The molecule has 0 fully saturated rings. The number of hydrogen-bond acceptors (Lipinski definition) is 2. The molecule has 0 unspecified atom stereocenters. The summed E-state index contributed by atoms with van der Waals surface area (Å²) in [5, 5.41) is 3.69. The number of rotatable bonds is 5. The van der Waals surface area contributed by atoms with Gasteiger partial charge in [0.15, 0.2) is 0 Å². The van der Waals surface area contributed by atoms with Crippen LogP contribution in [0, 0.1) is 0 Å². The van der Waals surface area contributed by atoms with Crippen LogP contribution >= 0.6 is 23.4 Å². The minimum Gasteiger partial charge on any atom is -0.349 e. The molecule has 2 atom stereocenters. The number of amides is 1. The van der Waals surface area contributed by atoms with Crippen molar-refractivity contribution in [1.29, 1.82) is 0 Å². The number of benzene rings is 2. The molecule has 1 aliphatic rings. The molecule has 1 aliphatic carbocycles. The van der Waals surface area contributed by atoms with E-state index in [0.717, 1.165) is 11.3 Å². The predicted octanol–water partition coefficient (Wildman–Crippen LogP) is 5.19. The molecule has 2 aromatic carbocycles. The van der Waals surface area contributed by atoms with Gasteiger partial charge < -0.3 is 5.32 Å². The number of carbonyl (C=O) groups excluding carboxylic acids is 1. The summed E-state index contributed by atoms with van der Waals surface area (Å²) in [6, 6.07) is 14.2. The number of hydrogen-bond donors (Lipinski definition) is 1. The molecule has 0 spiro atoms. The first-order valence-corrected chi connectivity index (χ1v) is 9.63. The molecule has 126 valence electrons. The Kier molecular flexibility index (Phi) is 5.52. The van der Waals surface area contributed by atoms with Gasteiger partial charge in [0.1, 0.15) is 0 Å². The van der Waals surface area contributed by atoms with Crippen molar-refractivity contribution in [1.82, 2.24) is 5.32 Å². The molecule has 1 amide bonds. The van der Waals surface area contributed by atoms with Crippen LogP contribution in [-0.2, 0) is 17.6 Å². The van der Waals surface area contributed by atoms with E-state index in [1.54, 1.807) is 11.8 Å². The number of aryl methyl sites for hydroxylation is 2. The summed E-state index contributed by atoms with van der Waals surface area (Å²) in [6.45, 7) is 3.98. The Morgan fingerprint density at radius 3 is 2.54 bits per heavy atom. The van der Waals surface area contributed by atoms with E-state index in [0.29, 0.717) is 5.02 Å². The van der Waals surface area contributed by atoms with Gasteiger partial charge >= 0.3 is 0 Å². The second-order valence-electron chi connectivity index (χ2n) is 6.33. The highest BCUT2D eigenvalue weighted by Crippen LogP contribution is 2.27. The van der Waals surface area contributed by atoms with Crippen molar-refractivity contribution in [3.05, 3.63) is 64.2 Å². The molecule has 4 heteroatoms. The number of nitrogens with one attached hydrogen (secondary N) is 1. The van der Waals surface area contributed by atoms with Crippen molar-refractivity contribution in [3.8, 4) is 0 Å². The van der Waals surface area contributed by atoms with E-state index in [2.05, 4.69) is 23.5 Å². The van der Waals surface area contributed by atoms with E-state index < -0.39 is 0 Å². The third-order valence-electron chi connectivity index (χ3n) is 4.48. The zero-order valence-corrected chi connectivity index (χ0v) is 15.6. The van der Waals surface area contributed by atoms with Crippen molar-refractivity contribution in [2.24, 2.45) is 0 Å². The van der Waals surface area contributed by atoms with Crippen LogP contribution in [-0.4, -0.2) is 11.2 Å². The summed E-state index contributed by atoms with van der Waals surface area (Å²) in [5.41, 5.74) is 4.09. The summed E-state index contributed by atoms with van der Waals surface area (Å²) in [5.74, 6) is 0.0583. The normalized spacial score (nSPS) is 15.6. The second kappa shape index (κ2) is 7.62. The van der Waals surface area contributed by atoms with E-state index in [9.17, 15) is 4.79 Å². The monoisotopic (exact) mass is 359 g/mol. The van der Waals surface area contributed by atoms with Crippen LogP contribution < -0.4 is 5.32 Å². The summed E-state index contributed by atoms with van der Waals surface area (Å²) >= 11 is 7.45. The third-order valence-corrected chi connectivity index (χ3v) is 5.84. The van der Waals surface area contributed by atoms with Crippen LogP contribution in [0.15, 0.2) is 47.4 Å². The molecule has 0 saturated carbocycles. The molecule has 2 aromatic rings. The molecular weight excluding hydrogens is 338 g/mol. The van der Waals surface area contributed by atoms with E-state index >= 15 is 0 Å². The SMILES string of the molecule is C[C@@H](Sc1ccc(Cl)cc1)C(=O)N[C@H](C)c1ccc2c(c1)CCC2. The number of carbonyl (C=O) groups is 1. The number of fused-ring (bicyclic) bond motifs is 1. The van der Waals surface area contributed by atoms with Gasteiger partial charge in [-0.05, 0) is 74.1 Å². The largest absolute Gasteiger partial charge is 0.349 e. The molecule has 0 aliphatic heterocycles. The molecule has 0 saturated heterocycles. The standard InChI is InChI=1S/C20H22ClNOS/c1-13(16-7-6-15-4-3-5-17(15)12-16)22-20(23)14(2)24-19-10-8-18(21)9-11-19/h6-14H,3-5H2,1-2H3,(H,22,23)/t13-,14-/m1/s1. The Labute approximate surface area is 153 Å². The van der Waals surface area contributed by atoms with E-state index in [-0.39, 0.29) is 17.2 Å². The average molecular weight is 360 g/mol. The molecule has 3 rings (SSSR count). The van der Waals surface area contributed by atoms with E-state index in [1.165, 1.54) is 29.5 Å². The highest BCUT2D eigenvalue weighted by molar-refractivity contribution is 8.00. The molecule has 24 heavy (non-hydrogen) atoms. The van der Waals surface area contributed by atoms with Gasteiger partial charge in [-0.1, -0.05) is 29.8 Å². The van der Waals surface area contributed by atoms with Gasteiger partial charge in [-0.25, -0.2) is 0 Å². The molecular formula is C20H22ClNOS. The molecule has 0 bridgehead atoms. The minimum atomic E-state index is -0.150. The zero-order chi connectivity index (χ0) is 17.1. The van der Waals surface area contributed by atoms with E-state index in [1.807, 2.05) is 38.1 Å². The van der Waals surface area contributed by atoms with Crippen molar-refractivity contribution < 1.29 is 4.79 Å². The van der Waals surface area contributed by atoms with Crippen molar-refractivity contribution in [2.45, 2.75) is 49.3 Å². The topological polar surface area (TPSA) is 29.1 Å². The summed E-state index contributed by atoms with van der Waals surface area (Å²) in [6.07, 6.45) is 3.59. The van der Waals surface area contributed by atoms with Gasteiger partial charge in [0.2, 0.25) is 5.91 Å². The van der Waals surface area contributed by atoms with Crippen LogP contribution in [0.25, 0.3) is 0 Å². The first-order chi connectivity index (χ1) is 11.5. The van der Waals surface area contributed by atoms with Crippen LogP contribution in [0.5, 0.6) is 0 Å². The first kappa shape index (κ1) is 17.4. The maximum absolute atomic E-state index is 12.5. The maximum atomic E-state index is 12.5. The quantitative estimate of drug-likeness (QED) is 0.744. The van der Waals surface area contributed by atoms with Gasteiger partial charge in [0.25, 0.3) is 0 Å². The lowest BCUT2D eigenvalue weighted by Gasteiger charge is -2.18. The van der Waals surface area contributed by atoms with Crippen molar-refractivity contribution >= 4 is 29.3 Å². The van der Waals surface area contributed by atoms with Gasteiger partial charge in [0, 0.05) is 9.92 Å². The van der Waals surface area contributed by atoms with Gasteiger partial charge in [-0.3, -0.25) is 4.79 Å². The van der Waals surface area contributed by atoms with Crippen LogP contribution in [0.3, 0.4) is 0 Å². The fraction of sp³-hybridized carbons (Fsp3) is 0.350. The molecule has 0 heterocycles. The molecule has 0 radical (unpaired) electrons. The fourth-order valence-electron chi connectivity index (χ4n) is 3.05. The van der Waals surface area contributed by atoms with E-state index in [4.69, 9.17) is 11.6 Å². The first-order valence-electron chi connectivity index (χ1n) is 8.37. The maximum Gasteiger partial charge on any atom is 0.233 e. The van der Waals surface area contributed by atoms with Crippen LogP contribution in [0.1, 0.15) is 43.0 Å². The Morgan fingerprint density at radius 2 is 1.79 bits per heavy atom. The molecule has 2 nitrogen and oxygen atoms in total. The molecule has 0 aromatic heterocycles. The second-order valence-corrected chi connectivity index (χ2v) is 8.18. The number of halogens is 1. The van der Waals surface area contributed by atoms with Crippen LogP contribution in [0.4, 0.5) is 0 Å². The Hall–Kier alpha value is -1.45. The number of thioether (sulfide) groups is 1. The Balaban J connectivity index is 1.60. The Morgan fingerprint density at radius 1 is 1.08 bits per heavy atom. The van der Waals surface area contributed by atoms with Gasteiger partial charge in [-0.15, -0.1) is 11.8 Å². The minimum absolute atomic E-state index is 0.0247. The van der Waals surface area contributed by atoms with Gasteiger partial charge in [-0.2, -0.15) is 0 Å². The summed E-state index contributed by atoms with van der Waals surface area (Å²) in [7, 11) is 0. The van der Waals surface area contributed by atoms with Crippen molar-refractivity contribution in [2.75, 3.05) is 0 Å². The smallest absolute Gasteiger partial charge is 0.233 e. The lowest BCUT2D eigenvalue weighted by molar-refractivity contribution is -0.120. The highest BCUT2D eigenvalue weighted by atomic mass is 35.5. The van der Waals surface area contributed by atoms with Crippen molar-refractivity contribution in [3.63, 3.8) is 0 Å². The summed E-state index contributed by atoms with van der Waals surface area (Å²) in [4.78, 5) is 13.5. The lowest BCUT2D eigenvalue weighted by atomic mass is 10.0.